The highest BCUT2D eigenvalue weighted by molar-refractivity contribution is 7.18. The van der Waals surface area contributed by atoms with Gasteiger partial charge in [-0.25, -0.2) is 14.3 Å². The Morgan fingerprint density at radius 1 is 1.04 bits per heavy atom. The molecule has 0 bridgehead atoms. The summed E-state index contributed by atoms with van der Waals surface area (Å²) in [4.78, 5) is 35.9. The second-order valence-electron chi connectivity index (χ2n) is 6.62. The molecule has 0 amide bonds. The van der Waals surface area contributed by atoms with E-state index in [4.69, 9.17) is 0 Å². The van der Waals surface area contributed by atoms with Gasteiger partial charge >= 0.3 is 5.69 Å². The molecular weight excluding hydrogens is 372 g/mol. The Balaban J connectivity index is 1.77. The van der Waals surface area contributed by atoms with Gasteiger partial charge in [-0.1, -0.05) is 30.3 Å². The molecule has 5 rings (SSSR count). The van der Waals surface area contributed by atoms with Crippen molar-refractivity contribution < 1.29 is 0 Å². The molecule has 28 heavy (non-hydrogen) atoms. The molecule has 0 fully saturated rings. The highest BCUT2D eigenvalue weighted by Gasteiger charge is 2.17. The highest BCUT2D eigenvalue weighted by atomic mass is 32.1. The molecule has 6 nitrogen and oxygen atoms in total. The zero-order valence-electron chi connectivity index (χ0n) is 15.0. The maximum atomic E-state index is 13.3. The predicted octanol–water partition coefficient (Wildman–Crippen LogP) is 3.45. The van der Waals surface area contributed by atoms with Crippen LogP contribution in [0.2, 0.25) is 0 Å². The van der Waals surface area contributed by atoms with Gasteiger partial charge in [0.25, 0.3) is 5.56 Å². The number of nitrogens with zero attached hydrogens (tertiary/aromatic N) is 3. The number of thiophene rings is 1. The summed E-state index contributed by atoms with van der Waals surface area (Å²) < 4.78 is 2.86. The highest BCUT2D eigenvalue weighted by Crippen LogP contribution is 2.22. The molecule has 5 aromatic rings. The number of H-pyrrole nitrogens is 1. The average molecular weight is 388 g/mol. The average Bonchev–Trinajstić information content (AvgIpc) is 3.29. The molecule has 1 N–H and O–H groups in total. The van der Waals surface area contributed by atoms with E-state index in [2.05, 4.69) is 9.97 Å². The quantitative estimate of drug-likeness (QED) is 0.515. The second-order valence-corrected chi connectivity index (χ2v) is 7.86. The lowest BCUT2D eigenvalue weighted by molar-refractivity contribution is 0.697. The fourth-order valence-corrected chi connectivity index (χ4v) is 4.44. The van der Waals surface area contributed by atoms with E-state index in [0.717, 1.165) is 15.9 Å². The smallest absolute Gasteiger partial charge is 0.337 e. The number of hydrogen-bond acceptors (Lipinski definition) is 4. The van der Waals surface area contributed by atoms with Crippen LogP contribution in [0.1, 0.15) is 10.7 Å². The van der Waals surface area contributed by atoms with Gasteiger partial charge in [0.05, 0.1) is 28.7 Å². The van der Waals surface area contributed by atoms with Crippen LogP contribution in [0.25, 0.3) is 26.9 Å². The molecule has 0 aliphatic rings. The lowest BCUT2D eigenvalue weighted by atomic mass is 10.3. The third kappa shape index (κ3) is 2.59. The normalized spacial score (nSPS) is 11.5. The van der Waals surface area contributed by atoms with E-state index in [-0.39, 0.29) is 17.8 Å². The predicted molar refractivity (Wildman–Crippen MR) is 112 cm³/mol. The van der Waals surface area contributed by atoms with Crippen LogP contribution in [0.5, 0.6) is 0 Å². The summed E-state index contributed by atoms with van der Waals surface area (Å²) in [5.41, 5.74) is 1.66. The first-order valence-electron chi connectivity index (χ1n) is 8.87. The summed E-state index contributed by atoms with van der Waals surface area (Å²) >= 11 is 1.45. The number of nitrogens with one attached hydrogen (secondary N) is 1. The van der Waals surface area contributed by atoms with Crippen molar-refractivity contribution in [2.24, 2.45) is 0 Å². The zero-order valence-corrected chi connectivity index (χ0v) is 15.9. The molecule has 0 aliphatic carbocycles. The van der Waals surface area contributed by atoms with Crippen molar-refractivity contribution in [1.29, 1.82) is 0 Å². The number of fused-ring (bicyclic) bond motifs is 2. The summed E-state index contributed by atoms with van der Waals surface area (Å²) in [5, 5.41) is 0.544. The molecule has 0 atom stereocenters. The monoisotopic (exact) mass is 388 g/mol. The molecule has 2 aromatic carbocycles. The summed E-state index contributed by atoms with van der Waals surface area (Å²) in [6.45, 7) is 2.20. The minimum atomic E-state index is -0.369. The van der Waals surface area contributed by atoms with Crippen LogP contribution in [-0.2, 0) is 6.54 Å². The fourth-order valence-electron chi connectivity index (χ4n) is 3.45. The standard InChI is InChI=1S/C21H16N4O2S/c1-13-11-15-19(26)25(14-7-3-2-4-8-14)21(27)24(20(15)28-13)12-18-22-16-9-5-6-10-17(16)23-18/h2-11H,12H2,1H3,(H,22,23). The van der Waals surface area contributed by atoms with Crippen LogP contribution in [0, 0.1) is 6.92 Å². The van der Waals surface area contributed by atoms with Crippen molar-refractivity contribution in [2.75, 3.05) is 0 Å². The van der Waals surface area contributed by atoms with Crippen molar-refractivity contribution in [3.63, 3.8) is 0 Å². The Morgan fingerprint density at radius 2 is 1.79 bits per heavy atom. The van der Waals surface area contributed by atoms with Gasteiger partial charge in [-0.05, 0) is 37.3 Å². The van der Waals surface area contributed by atoms with Crippen LogP contribution in [0.15, 0.2) is 70.3 Å². The van der Waals surface area contributed by atoms with Crippen LogP contribution >= 0.6 is 11.3 Å². The molecule has 138 valence electrons. The van der Waals surface area contributed by atoms with Crippen LogP contribution in [0.4, 0.5) is 0 Å². The maximum absolute atomic E-state index is 13.3. The van der Waals surface area contributed by atoms with E-state index in [1.165, 1.54) is 15.9 Å². The van der Waals surface area contributed by atoms with Gasteiger partial charge in [0, 0.05) is 4.88 Å². The lowest BCUT2D eigenvalue weighted by Gasteiger charge is -2.11. The number of aromatic nitrogens is 4. The van der Waals surface area contributed by atoms with Gasteiger partial charge in [0.2, 0.25) is 0 Å². The number of aryl methyl sites for hydroxylation is 1. The number of para-hydroxylation sites is 3. The summed E-state index contributed by atoms with van der Waals surface area (Å²) in [5.74, 6) is 0.675. The van der Waals surface area contributed by atoms with Gasteiger partial charge in [0.15, 0.2) is 0 Å². The van der Waals surface area contributed by atoms with E-state index >= 15 is 0 Å². The van der Waals surface area contributed by atoms with Crippen LogP contribution < -0.4 is 11.2 Å². The van der Waals surface area contributed by atoms with Crippen LogP contribution in [0.3, 0.4) is 0 Å². The Morgan fingerprint density at radius 3 is 2.57 bits per heavy atom. The Kier molecular flexibility index (Phi) is 3.77. The van der Waals surface area contributed by atoms with Gasteiger partial charge in [-0.15, -0.1) is 11.3 Å². The molecule has 0 saturated heterocycles. The first-order valence-corrected chi connectivity index (χ1v) is 9.68. The number of hydrogen-bond donors (Lipinski definition) is 1. The third-order valence-corrected chi connectivity index (χ3v) is 5.77. The number of rotatable bonds is 3. The van der Waals surface area contributed by atoms with Gasteiger partial charge in [-0.2, -0.15) is 0 Å². The van der Waals surface area contributed by atoms with E-state index in [1.54, 1.807) is 16.7 Å². The fraction of sp³-hybridized carbons (Fsp3) is 0.0952. The van der Waals surface area contributed by atoms with Crippen molar-refractivity contribution in [3.8, 4) is 5.69 Å². The van der Waals surface area contributed by atoms with E-state index in [1.807, 2.05) is 55.5 Å². The Labute approximate surface area is 163 Å². The molecule has 0 aliphatic heterocycles. The van der Waals surface area contributed by atoms with Gasteiger partial charge < -0.3 is 4.98 Å². The number of benzene rings is 2. The first-order chi connectivity index (χ1) is 13.6. The molecule has 3 aromatic heterocycles. The largest absolute Gasteiger partial charge is 0.340 e. The van der Waals surface area contributed by atoms with E-state index < -0.39 is 0 Å². The summed E-state index contributed by atoms with van der Waals surface area (Å²) in [6, 6.07) is 18.6. The second kappa shape index (κ2) is 6.31. The van der Waals surface area contributed by atoms with Crippen LogP contribution in [-0.4, -0.2) is 19.1 Å². The number of imidazole rings is 1. The molecule has 0 spiro atoms. The molecule has 7 heteroatoms. The molecule has 0 unspecified atom stereocenters. The molecule has 0 saturated carbocycles. The number of aromatic amines is 1. The van der Waals surface area contributed by atoms with Gasteiger partial charge in [0.1, 0.15) is 10.7 Å². The minimum absolute atomic E-state index is 0.261. The summed E-state index contributed by atoms with van der Waals surface area (Å²) in [6.07, 6.45) is 0. The Bertz CT molecular complexity index is 1410. The summed E-state index contributed by atoms with van der Waals surface area (Å²) in [7, 11) is 0. The minimum Gasteiger partial charge on any atom is -0.340 e. The topological polar surface area (TPSA) is 72.7 Å². The Hall–Kier alpha value is -3.45. The molecule has 3 heterocycles. The maximum Gasteiger partial charge on any atom is 0.337 e. The van der Waals surface area contributed by atoms with Crippen molar-refractivity contribution in [3.05, 3.63) is 92.2 Å². The first kappa shape index (κ1) is 16.7. The SMILES string of the molecule is Cc1cc2c(=O)n(-c3ccccc3)c(=O)n(Cc3nc4ccccc4[nH]3)c2s1. The van der Waals surface area contributed by atoms with Gasteiger partial charge in [-0.3, -0.25) is 9.36 Å². The van der Waals surface area contributed by atoms with Crippen molar-refractivity contribution in [2.45, 2.75) is 13.5 Å². The zero-order chi connectivity index (χ0) is 19.3. The molecule has 0 radical (unpaired) electrons. The van der Waals surface area contributed by atoms with Crippen molar-refractivity contribution >= 4 is 32.6 Å². The van der Waals surface area contributed by atoms with Crippen molar-refractivity contribution in [1.82, 2.24) is 19.1 Å². The lowest BCUT2D eigenvalue weighted by Crippen LogP contribution is -2.38. The third-order valence-electron chi connectivity index (χ3n) is 4.70. The van der Waals surface area contributed by atoms with E-state index in [0.29, 0.717) is 21.7 Å². The van der Waals surface area contributed by atoms with E-state index in [9.17, 15) is 9.59 Å². The molecular formula is C21H16N4O2S.